The number of aromatic hydroxyl groups is 1. The molecule has 1 saturated heterocycles. The number of rotatable bonds is 1. The second kappa shape index (κ2) is 5.79. The van der Waals surface area contributed by atoms with Gasteiger partial charge in [0.2, 0.25) is 5.88 Å². The Hall–Kier alpha value is -1.60. The third-order valence-corrected chi connectivity index (χ3v) is 5.42. The minimum Gasteiger partial charge on any atom is -0.492 e. The number of ether oxygens (including phenoxy) is 1. The first-order valence-corrected chi connectivity index (χ1v) is 9.19. The van der Waals surface area contributed by atoms with Gasteiger partial charge in [0.05, 0.1) is 23.9 Å². The van der Waals surface area contributed by atoms with Gasteiger partial charge in [0.15, 0.2) is 5.16 Å². The van der Waals surface area contributed by atoms with E-state index >= 15 is 0 Å². The lowest BCUT2D eigenvalue weighted by Gasteiger charge is -2.22. The summed E-state index contributed by atoms with van der Waals surface area (Å²) in [6.45, 7) is 3.77. The molecule has 0 aromatic carbocycles. The van der Waals surface area contributed by atoms with Crippen LogP contribution in [0.25, 0.3) is 10.9 Å². The summed E-state index contributed by atoms with van der Waals surface area (Å²) >= 11 is 1.49. The van der Waals surface area contributed by atoms with Crippen molar-refractivity contribution in [2.75, 3.05) is 19.4 Å². The maximum Gasteiger partial charge on any atom is 0.238 e. The number of pyridine rings is 1. The highest BCUT2D eigenvalue weighted by molar-refractivity contribution is 7.98. The van der Waals surface area contributed by atoms with E-state index in [1.54, 1.807) is 6.20 Å². The Kier molecular flexibility index (Phi) is 3.77. The number of fused-ring (bicyclic) bond motifs is 2. The van der Waals surface area contributed by atoms with Gasteiger partial charge in [-0.05, 0) is 26.0 Å². The van der Waals surface area contributed by atoms with E-state index < -0.39 is 0 Å². The van der Waals surface area contributed by atoms with E-state index in [0.29, 0.717) is 40.9 Å². The van der Waals surface area contributed by atoms with Crippen LogP contribution in [0.4, 0.5) is 0 Å². The van der Waals surface area contributed by atoms with Crippen molar-refractivity contribution in [2.24, 2.45) is 5.92 Å². The Morgan fingerprint density at radius 2 is 2.22 bits per heavy atom. The summed E-state index contributed by atoms with van der Waals surface area (Å²) in [6.07, 6.45) is 5.70. The lowest BCUT2D eigenvalue weighted by molar-refractivity contribution is 0.230. The van der Waals surface area contributed by atoms with Crippen molar-refractivity contribution in [1.29, 1.82) is 0 Å². The van der Waals surface area contributed by atoms with Gasteiger partial charge in [-0.25, -0.2) is 15.0 Å². The molecule has 0 bridgehead atoms. The number of hydrogen-bond acceptors (Lipinski definition) is 7. The van der Waals surface area contributed by atoms with Crippen LogP contribution in [0.2, 0.25) is 0 Å². The minimum atomic E-state index is -0.0511. The molecule has 122 valence electrons. The summed E-state index contributed by atoms with van der Waals surface area (Å²) in [5.41, 5.74) is 1.51. The molecule has 23 heavy (non-hydrogen) atoms. The highest BCUT2D eigenvalue weighted by atomic mass is 32.2. The van der Waals surface area contributed by atoms with E-state index in [-0.39, 0.29) is 5.88 Å². The molecule has 0 spiro atoms. The number of thioether (sulfide) groups is 1. The van der Waals surface area contributed by atoms with Gasteiger partial charge in [0.1, 0.15) is 11.3 Å². The maximum absolute atomic E-state index is 10.2. The summed E-state index contributed by atoms with van der Waals surface area (Å²) in [7, 11) is 0. The van der Waals surface area contributed by atoms with Gasteiger partial charge in [-0.15, -0.1) is 0 Å². The summed E-state index contributed by atoms with van der Waals surface area (Å²) in [5, 5.41) is 15.2. The molecule has 4 heterocycles. The van der Waals surface area contributed by atoms with Crippen LogP contribution in [0.1, 0.15) is 31.4 Å². The molecule has 0 amide bonds. The summed E-state index contributed by atoms with van der Waals surface area (Å²) < 4.78 is 6.01. The van der Waals surface area contributed by atoms with Crippen molar-refractivity contribution in [2.45, 2.75) is 36.9 Å². The molecule has 3 atom stereocenters. The van der Waals surface area contributed by atoms with Crippen LogP contribution < -0.4 is 10.1 Å². The number of nitrogens with one attached hydrogen (secondary N) is 1. The van der Waals surface area contributed by atoms with Gasteiger partial charge in [-0.3, -0.25) is 0 Å². The third kappa shape index (κ3) is 2.52. The van der Waals surface area contributed by atoms with Gasteiger partial charge >= 0.3 is 0 Å². The van der Waals surface area contributed by atoms with Gasteiger partial charge in [-0.2, -0.15) is 0 Å². The van der Waals surface area contributed by atoms with Crippen LogP contribution >= 0.6 is 11.8 Å². The maximum atomic E-state index is 10.2. The number of nitrogens with zero attached hydrogens (tertiary/aromatic N) is 3. The first kappa shape index (κ1) is 15.0. The lowest BCUT2D eigenvalue weighted by Crippen LogP contribution is -2.31. The SMILES string of the molecule is CSc1nc2c3c(cnc(O)c3n1)OC[C@@H]1CN[C@H](C)CCC21. The Bertz CT molecular complexity index is 754. The number of aromatic nitrogens is 3. The second-order valence-corrected chi connectivity index (χ2v) is 7.10. The average Bonchev–Trinajstić information content (AvgIpc) is 2.83. The molecule has 6 nitrogen and oxygen atoms in total. The largest absolute Gasteiger partial charge is 0.492 e. The normalized spacial score (nSPS) is 27.0. The Labute approximate surface area is 139 Å². The fourth-order valence-corrected chi connectivity index (χ4v) is 3.94. The van der Waals surface area contributed by atoms with Crippen molar-refractivity contribution >= 4 is 22.7 Å². The quantitative estimate of drug-likeness (QED) is 0.613. The van der Waals surface area contributed by atoms with E-state index in [9.17, 15) is 5.11 Å². The second-order valence-electron chi connectivity index (χ2n) is 6.33. The molecule has 4 rings (SSSR count). The first-order valence-electron chi connectivity index (χ1n) is 7.97. The molecular formula is C16H20N4O2S. The topological polar surface area (TPSA) is 80.2 Å². The summed E-state index contributed by atoms with van der Waals surface area (Å²) in [4.78, 5) is 13.3. The standard InChI is InChI=1S/C16H20N4O2S/c1-8-3-4-10-9(5-17-8)7-22-11-6-18-15(21)14-12(11)13(10)19-16(20-14)23-2/h6,8-10,17H,3-5,7H2,1-2H3,(H,18,21)/t8-,9+,10?/m1/s1. The van der Waals surface area contributed by atoms with Crippen molar-refractivity contribution in [3.63, 3.8) is 0 Å². The van der Waals surface area contributed by atoms with Gasteiger partial charge < -0.3 is 15.2 Å². The number of hydrogen-bond donors (Lipinski definition) is 2. The smallest absolute Gasteiger partial charge is 0.238 e. The van der Waals surface area contributed by atoms with Crippen LogP contribution in [0, 0.1) is 5.92 Å². The monoisotopic (exact) mass is 332 g/mol. The van der Waals surface area contributed by atoms with Gasteiger partial charge in [0, 0.05) is 24.4 Å². The van der Waals surface area contributed by atoms with Crippen molar-refractivity contribution in [3.05, 3.63) is 11.9 Å². The van der Waals surface area contributed by atoms with Crippen molar-refractivity contribution < 1.29 is 9.84 Å². The molecule has 2 N–H and O–H groups in total. The van der Waals surface area contributed by atoms with Crippen LogP contribution in [-0.2, 0) is 0 Å². The summed E-state index contributed by atoms with van der Waals surface area (Å²) in [6, 6.07) is 0.504. The highest BCUT2D eigenvalue weighted by Crippen LogP contribution is 2.43. The first-order chi connectivity index (χ1) is 11.2. The van der Waals surface area contributed by atoms with Crippen LogP contribution in [0.15, 0.2) is 11.4 Å². The predicted molar refractivity (Wildman–Crippen MR) is 89.2 cm³/mol. The zero-order valence-electron chi connectivity index (χ0n) is 13.2. The Balaban J connectivity index is 1.95. The third-order valence-electron chi connectivity index (χ3n) is 4.87. The van der Waals surface area contributed by atoms with Gasteiger partial charge in [-0.1, -0.05) is 11.8 Å². The molecule has 0 radical (unpaired) electrons. The minimum absolute atomic E-state index is 0.0511. The lowest BCUT2D eigenvalue weighted by atomic mass is 9.85. The van der Waals surface area contributed by atoms with Crippen molar-refractivity contribution in [3.8, 4) is 11.6 Å². The molecular weight excluding hydrogens is 312 g/mol. The zero-order valence-corrected chi connectivity index (χ0v) is 14.1. The molecule has 2 aliphatic rings. The molecule has 0 aliphatic carbocycles. The Morgan fingerprint density at radius 1 is 1.35 bits per heavy atom. The van der Waals surface area contributed by atoms with Crippen molar-refractivity contribution in [1.82, 2.24) is 20.3 Å². The molecule has 1 fully saturated rings. The highest BCUT2D eigenvalue weighted by Gasteiger charge is 2.34. The van der Waals surface area contributed by atoms with E-state index in [1.807, 2.05) is 6.26 Å². The molecule has 2 aliphatic heterocycles. The zero-order chi connectivity index (χ0) is 16.0. The molecule has 0 saturated carbocycles. The average molecular weight is 332 g/mol. The predicted octanol–water partition coefficient (Wildman–Crippen LogP) is 2.32. The van der Waals surface area contributed by atoms with Crippen LogP contribution in [0.5, 0.6) is 11.6 Å². The summed E-state index contributed by atoms with van der Waals surface area (Å²) in [5.74, 6) is 1.31. The molecule has 2 aromatic rings. The molecule has 2 aromatic heterocycles. The van der Waals surface area contributed by atoms with Crippen LogP contribution in [-0.4, -0.2) is 45.5 Å². The van der Waals surface area contributed by atoms with E-state index in [0.717, 1.165) is 30.5 Å². The van der Waals surface area contributed by atoms with Gasteiger partial charge in [0.25, 0.3) is 0 Å². The van der Waals surface area contributed by atoms with E-state index in [4.69, 9.17) is 9.72 Å². The molecule has 1 unspecified atom stereocenters. The van der Waals surface area contributed by atoms with Crippen LogP contribution in [0.3, 0.4) is 0 Å². The Morgan fingerprint density at radius 3 is 3.04 bits per heavy atom. The molecule has 7 heteroatoms. The fraction of sp³-hybridized carbons (Fsp3) is 0.562. The fourth-order valence-electron chi connectivity index (χ4n) is 3.57. The van der Waals surface area contributed by atoms with E-state index in [1.165, 1.54) is 11.8 Å². The van der Waals surface area contributed by atoms with E-state index in [2.05, 4.69) is 22.2 Å².